The van der Waals surface area contributed by atoms with Crippen LogP contribution in [0.5, 0.6) is 0 Å². The summed E-state index contributed by atoms with van der Waals surface area (Å²) in [5.74, 6) is -0.351. The zero-order valence-electron chi connectivity index (χ0n) is 16.3. The van der Waals surface area contributed by atoms with Crippen molar-refractivity contribution in [2.45, 2.75) is 31.9 Å². The minimum atomic E-state index is -0.586. The summed E-state index contributed by atoms with van der Waals surface area (Å²) in [6.07, 6.45) is 0.785. The molecule has 0 spiro atoms. The normalized spacial score (nSPS) is 15.6. The first-order valence-corrected chi connectivity index (χ1v) is 10.4. The molecule has 29 heavy (non-hydrogen) atoms. The van der Waals surface area contributed by atoms with Crippen LogP contribution in [0.15, 0.2) is 48.5 Å². The lowest BCUT2D eigenvalue weighted by atomic mass is 9.80. The fourth-order valence-electron chi connectivity index (χ4n) is 3.61. The topological polar surface area (TPSA) is 58.6 Å². The van der Waals surface area contributed by atoms with Gasteiger partial charge in [-0.15, -0.1) is 11.6 Å². The number of alkyl halides is 1. The van der Waals surface area contributed by atoms with Crippen LogP contribution in [0.2, 0.25) is 5.02 Å². The molecule has 0 radical (unpaired) electrons. The molecule has 1 fully saturated rings. The molecule has 1 N–H and O–H groups in total. The number of piperidine rings is 1. The van der Waals surface area contributed by atoms with Gasteiger partial charge in [-0.3, -0.25) is 4.79 Å². The maximum Gasteiger partial charge on any atom is 0.410 e. The van der Waals surface area contributed by atoms with Gasteiger partial charge in [-0.25, -0.2) is 4.79 Å². The van der Waals surface area contributed by atoms with E-state index in [-0.39, 0.29) is 24.5 Å². The molecule has 3 rings (SSSR count). The predicted octanol–water partition coefficient (Wildman–Crippen LogP) is 4.63. The third-order valence-electron chi connectivity index (χ3n) is 5.29. The van der Waals surface area contributed by atoms with E-state index < -0.39 is 5.54 Å². The number of amides is 2. The van der Waals surface area contributed by atoms with Gasteiger partial charge in [0.1, 0.15) is 12.5 Å². The Labute approximate surface area is 180 Å². The van der Waals surface area contributed by atoms with Crippen molar-refractivity contribution in [3.8, 4) is 0 Å². The number of rotatable bonds is 5. The monoisotopic (exact) mass is 434 g/mol. The second-order valence-corrected chi connectivity index (χ2v) is 7.93. The first-order chi connectivity index (χ1) is 13.9. The van der Waals surface area contributed by atoms with Crippen molar-refractivity contribution in [2.75, 3.05) is 19.0 Å². The zero-order valence-corrected chi connectivity index (χ0v) is 17.8. The maximum atomic E-state index is 12.5. The highest BCUT2D eigenvalue weighted by molar-refractivity contribution is 6.31. The fourth-order valence-corrected chi connectivity index (χ4v) is 3.79. The molecule has 7 heteroatoms. The number of carbonyl (C=O) groups is 2. The Kier molecular flexibility index (Phi) is 7.04. The minimum absolute atomic E-state index is 0.114. The van der Waals surface area contributed by atoms with Gasteiger partial charge in [-0.05, 0) is 42.5 Å². The number of hydrogen-bond donors (Lipinski definition) is 1. The molecule has 1 aliphatic rings. The highest BCUT2D eigenvalue weighted by Crippen LogP contribution is 2.35. The van der Waals surface area contributed by atoms with Crippen molar-refractivity contribution < 1.29 is 14.3 Å². The highest BCUT2D eigenvalue weighted by Gasteiger charge is 2.39. The van der Waals surface area contributed by atoms with Crippen LogP contribution in [-0.2, 0) is 21.7 Å². The van der Waals surface area contributed by atoms with Crippen LogP contribution in [0.4, 0.5) is 4.79 Å². The molecule has 2 aromatic carbocycles. The smallest absolute Gasteiger partial charge is 0.410 e. The van der Waals surface area contributed by atoms with E-state index in [4.69, 9.17) is 27.9 Å². The van der Waals surface area contributed by atoms with Crippen molar-refractivity contribution in [1.29, 1.82) is 0 Å². The van der Waals surface area contributed by atoms with Crippen molar-refractivity contribution in [3.05, 3.63) is 70.2 Å². The van der Waals surface area contributed by atoms with E-state index in [2.05, 4.69) is 5.32 Å². The Morgan fingerprint density at radius 2 is 1.83 bits per heavy atom. The molecule has 1 heterocycles. The van der Waals surface area contributed by atoms with Crippen LogP contribution in [0.25, 0.3) is 0 Å². The standard InChI is InChI=1S/C22H24Cl2N2O3/c1-16-13-18(7-8-19(16)24)22(25-20(27)14-23)9-11-26(12-10-22)21(28)29-15-17-5-3-2-4-6-17/h2-8,13H,9-12,14-15H2,1H3,(H,25,27). The summed E-state index contributed by atoms with van der Waals surface area (Å²) >= 11 is 11.9. The van der Waals surface area contributed by atoms with Gasteiger partial charge < -0.3 is 15.0 Å². The molecule has 1 aliphatic heterocycles. The molecule has 0 saturated carbocycles. The van der Waals surface area contributed by atoms with Crippen LogP contribution in [0.1, 0.15) is 29.5 Å². The predicted molar refractivity (Wildman–Crippen MR) is 114 cm³/mol. The van der Waals surface area contributed by atoms with Gasteiger partial charge in [0.05, 0.1) is 5.54 Å². The van der Waals surface area contributed by atoms with Crippen molar-refractivity contribution in [3.63, 3.8) is 0 Å². The van der Waals surface area contributed by atoms with Crippen molar-refractivity contribution in [2.24, 2.45) is 0 Å². The third-order valence-corrected chi connectivity index (χ3v) is 5.96. The Hall–Kier alpha value is -2.24. The number of carbonyl (C=O) groups excluding carboxylic acids is 2. The fraction of sp³-hybridized carbons (Fsp3) is 0.364. The Morgan fingerprint density at radius 1 is 1.14 bits per heavy atom. The summed E-state index contributed by atoms with van der Waals surface area (Å²) in [6, 6.07) is 15.3. The largest absolute Gasteiger partial charge is 0.445 e. The van der Waals surface area contributed by atoms with Gasteiger partial charge in [0.25, 0.3) is 0 Å². The molecular formula is C22H24Cl2N2O3. The van der Waals surface area contributed by atoms with E-state index in [0.29, 0.717) is 31.0 Å². The van der Waals surface area contributed by atoms with Crippen molar-refractivity contribution in [1.82, 2.24) is 10.2 Å². The molecular weight excluding hydrogens is 411 g/mol. The van der Waals surface area contributed by atoms with E-state index in [1.165, 1.54) is 0 Å². The minimum Gasteiger partial charge on any atom is -0.445 e. The summed E-state index contributed by atoms with van der Waals surface area (Å²) in [5.41, 5.74) is 2.26. The SMILES string of the molecule is Cc1cc(C2(NC(=O)CCl)CCN(C(=O)OCc3ccccc3)CC2)ccc1Cl. The van der Waals surface area contributed by atoms with Crippen molar-refractivity contribution >= 4 is 35.2 Å². The summed E-state index contributed by atoms with van der Waals surface area (Å²) in [6.45, 7) is 3.11. The Balaban J connectivity index is 1.69. The molecule has 2 aromatic rings. The van der Waals surface area contributed by atoms with Crippen LogP contribution >= 0.6 is 23.2 Å². The summed E-state index contributed by atoms with van der Waals surface area (Å²) in [4.78, 5) is 26.3. The number of likely N-dealkylation sites (tertiary alicyclic amines) is 1. The average Bonchev–Trinajstić information content (AvgIpc) is 2.75. The lowest BCUT2D eigenvalue weighted by molar-refractivity contribution is -0.121. The van der Waals surface area contributed by atoms with Crippen LogP contribution in [-0.4, -0.2) is 35.9 Å². The quantitative estimate of drug-likeness (QED) is 0.697. The molecule has 0 unspecified atom stereocenters. The van der Waals surface area contributed by atoms with E-state index in [1.54, 1.807) is 4.90 Å². The van der Waals surface area contributed by atoms with Gasteiger partial charge in [0, 0.05) is 18.1 Å². The molecule has 0 aliphatic carbocycles. The number of halogens is 2. The average molecular weight is 435 g/mol. The number of nitrogens with zero attached hydrogens (tertiary/aromatic N) is 1. The lowest BCUT2D eigenvalue weighted by Gasteiger charge is -2.42. The van der Waals surface area contributed by atoms with Gasteiger partial charge in [-0.2, -0.15) is 0 Å². The second-order valence-electron chi connectivity index (χ2n) is 7.26. The second kappa shape index (κ2) is 9.51. The number of benzene rings is 2. The number of ether oxygens (including phenoxy) is 1. The van der Waals surface area contributed by atoms with Crippen LogP contribution < -0.4 is 5.32 Å². The van der Waals surface area contributed by atoms with E-state index in [9.17, 15) is 9.59 Å². The summed E-state index contributed by atoms with van der Waals surface area (Å²) in [5, 5.41) is 3.75. The third kappa shape index (κ3) is 5.22. The Morgan fingerprint density at radius 3 is 2.45 bits per heavy atom. The number of hydrogen-bond acceptors (Lipinski definition) is 3. The van der Waals surface area contributed by atoms with Gasteiger partial charge in [-0.1, -0.05) is 54.1 Å². The van der Waals surface area contributed by atoms with Crippen LogP contribution in [0.3, 0.4) is 0 Å². The first-order valence-electron chi connectivity index (χ1n) is 9.53. The van der Waals surface area contributed by atoms with Gasteiger partial charge >= 0.3 is 6.09 Å². The zero-order chi connectivity index (χ0) is 20.9. The molecule has 2 amide bonds. The van der Waals surface area contributed by atoms with E-state index in [0.717, 1.165) is 16.7 Å². The van der Waals surface area contributed by atoms with E-state index >= 15 is 0 Å². The molecule has 154 valence electrons. The summed E-state index contributed by atoms with van der Waals surface area (Å²) in [7, 11) is 0. The first kappa shape index (κ1) is 21.5. The number of nitrogens with one attached hydrogen (secondary N) is 1. The van der Waals surface area contributed by atoms with Gasteiger partial charge in [0.15, 0.2) is 0 Å². The molecule has 0 aromatic heterocycles. The van der Waals surface area contributed by atoms with Gasteiger partial charge in [0.2, 0.25) is 5.91 Å². The molecule has 0 atom stereocenters. The highest BCUT2D eigenvalue weighted by atomic mass is 35.5. The van der Waals surface area contributed by atoms with E-state index in [1.807, 2.05) is 55.5 Å². The summed E-state index contributed by atoms with van der Waals surface area (Å²) < 4.78 is 5.44. The maximum absolute atomic E-state index is 12.5. The Bertz CT molecular complexity index is 866. The number of aryl methyl sites for hydroxylation is 1. The lowest BCUT2D eigenvalue weighted by Crippen LogP contribution is -2.54. The molecule has 0 bridgehead atoms. The molecule has 5 nitrogen and oxygen atoms in total. The van der Waals surface area contributed by atoms with Crippen LogP contribution in [0, 0.1) is 6.92 Å². The molecule has 1 saturated heterocycles.